The number of nitrogens with one attached hydrogen (secondary N) is 2. The Hall–Kier alpha value is -0.260. The summed E-state index contributed by atoms with van der Waals surface area (Å²) in [5, 5.41) is 25.5. The number of aliphatic hydroxyl groups excluding tert-OH is 2. The van der Waals surface area contributed by atoms with Gasteiger partial charge in [0.25, 0.3) is 11.8 Å². The highest BCUT2D eigenvalue weighted by Crippen LogP contribution is 2.14. The van der Waals surface area contributed by atoms with Crippen LogP contribution < -0.4 is 44.6 Å². The fourth-order valence-electron chi connectivity index (χ4n) is 6.85. The van der Waals surface area contributed by atoms with Crippen LogP contribution in [-0.2, 0) is 9.59 Å². The Kier molecular flexibility index (Phi) is 41.6. The molecule has 0 saturated carbocycles. The third kappa shape index (κ3) is 34.8. The van der Waals surface area contributed by atoms with E-state index in [0.29, 0.717) is 35.1 Å². The quantitative estimate of drug-likeness (QED) is 0.0564. The molecule has 0 aromatic carbocycles. The maximum absolute atomic E-state index is 12.6. The van der Waals surface area contributed by atoms with Crippen LogP contribution in [0.15, 0.2) is 0 Å². The fourth-order valence-corrected chi connectivity index (χ4v) is 6.85. The number of aliphatic hydroxyl groups is 2. The largest absolute Gasteiger partial charge is 1.00 e. The molecule has 0 spiro atoms. The summed E-state index contributed by atoms with van der Waals surface area (Å²) in [5.41, 5.74) is 0. The van der Waals surface area contributed by atoms with Crippen LogP contribution in [0.4, 0.5) is 0 Å². The van der Waals surface area contributed by atoms with Gasteiger partial charge in [0.2, 0.25) is 0 Å². The van der Waals surface area contributed by atoms with Crippen LogP contribution in [0.2, 0.25) is 0 Å². The standard InChI is InChI=1S/C40H82N4O4.2BrH/c1-5-7-9-11-13-17-21-25-29-41-39(47)37-43(3,33-35-45)31-27-23-19-15-16-20-24-28-32-44(4,34-36-46)38-40(48)42-30-26-22-18-14-12-10-8-6-2;;/h45-46H,5-38H2,1-4H3;2*1H. The molecular weight excluding hydrogens is 760 g/mol. The van der Waals surface area contributed by atoms with Crippen molar-refractivity contribution in [1.29, 1.82) is 0 Å². The van der Waals surface area contributed by atoms with Gasteiger partial charge in [-0.1, -0.05) is 129 Å². The number of carbonyl (C=O) groups is 2. The molecule has 302 valence electrons. The highest BCUT2D eigenvalue weighted by molar-refractivity contribution is 5.77. The Morgan fingerprint density at radius 2 is 0.680 bits per heavy atom. The number of hydrogen-bond donors (Lipinski definition) is 4. The topological polar surface area (TPSA) is 98.7 Å². The number of hydrogen-bond acceptors (Lipinski definition) is 4. The summed E-state index contributed by atoms with van der Waals surface area (Å²) in [6, 6.07) is 0. The molecule has 0 radical (unpaired) electrons. The van der Waals surface area contributed by atoms with Crippen molar-refractivity contribution in [3.63, 3.8) is 0 Å². The van der Waals surface area contributed by atoms with Crippen LogP contribution in [0.1, 0.15) is 168 Å². The minimum Gasteiger partial charge on any atom is -1.00 e. The highest BCUT2D eigenvalue weighted by Gasteiger charge is 2.25. The Morgan fingerprint density at radius 1 is 0.420 bits per heavy atom. The first-order valence-electron chi connectivity index (χ1n) is 20.7. The Morgan fingerprint density at radius 3 is 0.960 bits per heavy atom. The van der Waals surface area contributed by atoms with E-state index < -0.39 is 0 Å². The molecule has 0 heterocycles. The molecule has 0 aliphatic rings. The second-order valence-electron chi connectivity index (χ2n) is 15.4. The first kappa shape index (κ1) is 54.1. The number of halogens is 2. The van der Waals surface area contributed by atoms with E-state index in [1.807, 2.05) is 0 Å². The average molecular weight is 845 g/mol. The monoisotopic (exact) mass is 842 g/mol. The molecule has 0 fully saturated rings. The summed E-state index contributed by atoms with van der Waals surface area (Å²) in [7, 11) is 4.21. The number of rotatable bonds is 37. The van der Waals surface area contributed by atoms with Gasteiger partial charge in [-0.25, -0.2) is 0 Å². The minimum absolute atomic E-state index is 0. The maximum atomic E-state index is 12.6. The van der Waals surface area contributed by atoms with E-state index in [1.54, 1.807) is 0 Å². The highest BCUT2D eigenvalue weighted by atomic mass is 79.9. The molecule has 0 aromatic heterocycles. The van der Waals surface area contributed by atoms with E-state index in [-0.39, 0.29) is 59.0 Å². The number of amides is 2. The third-order valence-electron chi connectivity index (χ3n) is 10.2. The molecular formula is C40H84Br2N4O4. The second kappa shape index (κ2) is 38.5. The van der Waals surface area contributed by atoms with Crippen molar-refractivity contribution in [3.8, 4) is 0 Å². The molecule has 0 aliphatic heterocycles. The SMILES string of the molecule is CCCCCCCCCCNC(=O)C[N+](C)(CCO)CCCCCCCCCC[N+](C)(CCO)CC(=O)NCCCCCCCCCC.[Br-].[Br-]. The molecule has 0 aromatic rings. The van der Waals surface area contributed by atoms with E-state index in [2.05, 4.69) is 38.6 Å². The van der Waals surface area contributed by atoms with Crippen LogP contribution in [0.3, 0.4) is 0 Å². The lowest BCUT2D eigenvalue weighted by atomic mass is 10.1. The molecule has 2 amide bonds. The van der Waals surface area contributed by atoms with E-state index in [1.165, 1.54) is 128 Å². The summed E-state index contributed by atoms with van der Waals surface area (Å²) in [5.74, 6) is 0.226. The lowest BCUT2D eigenvalue weighted by molar-refractivity contribution is -0.902. The zero-order valence-corrected chi connectivity index (χ0v) is 36.6. The van der Waals surface area contributed by atoms with Crippen molar-refractivity contribution >= 4 is 11.8 Å². The van der Waals surface area contributed by atoms with Crippen molar-refractivity contribution in [1.82, 2.24) is 10.6 Å². The van der Waals surface area contributed by atoms with Crippen LogP contribution in [0.5, 0.6) is 0 Å². The fraction of sp³-hybridized carbons (Fsp3) is 0.950. The molecule has 8 nitrogen and oxygen atoms in total. The summed E-state index contributed by atoms with van der Waals surface area (Å²) >= 11 is 0. The van der Waals surface area contributed by atoms with Gasteiger partial charge in [-0.15, -0.1) is 0 Å². The molecule has 0 saturated heterocycles. The second-order valence-corrected chi connectivity index (χ2v) is 15.4. The molecule has 2 unspecified atom stereocenters. The van der Waals surface area contributed by atoms with Gasteiger partial charge in [-0.05, 0) is 38.5 Å². The third-order valence-corrected chi connectivity index (χ3v) is 10.2. The number of nitrogens with zero attached hydrogens (tertiary/aromatic N) is 2. The van der Waals surface area contributed by atoms with E-state index >= 15 is 0 Å². The number of unbranched alkanes of at least 4 members (excludes halogenated alkanes) is 21. The van der Waals surface area contributed by atoms with Gasteiger partial charge in [-0.2, -0.15) is 0 Å². The summed E-state index contributed by atoms with van der Waals surface area (Å²) in [6.45, 7) is 10.3. The number of likely N-dealkylation sites (N-methyl/N-ethyl adjacent to an activating group) is 2. The van der Waals surface area contributed by atoms with Crippen molar-refractivity contribution in [2.24, 2.45) is 0 Å². The molecule has 2 atom stereocenters. The lowest BCUT2D eigenvalue weighted by Gasteiger charge is -2.33. The average Bonchev–Trinajstić information content (AvgIpc) is 3.04. The van der Waals surface area contributed by atoms with E-state index in [9.17, 15) is 19.8 Å². The zero-order chi connectivity index (χ0) is 35.6. The van der Waals surface area contributed by atoms with Crippen molar-refractivity contribution in [3.05, 3.63) is 0 Å². The van der Waals surface area contributed by atoms with Crippen LogP contribution in [0.25, 0.3) is 0 Å². The predicted molar refractivity (Wildman–Crippen MR) is 204 cm³/mol. The van der Waals surface area contributed by atoms with Gasteiger partial charge in [0, 0.05) is 13.1 Å². The molecule has 50 heavy (non-hydrogen) atoms. The van der Waals surface area contributed by atoms with Gasteiger partial charge in [0.05, 0.1) is 40.4 Å². The Bertz CT molecular complexity index is 692. The van der Waals surface area contributed by atoms with Gasteiger partial charge in [0.1, 0.15) is 13.1 Å². The zero-order valence-electron chi connectivity index (χ0n) is 33.4. The van der Waals surface area contributed by atoms with Crippen molar-refractivity contribution in [2.75, 3.05) is 79.7 Å². The molecule has 0 bridgehead atoms. The summed E-state index contributed by atoms with van der Waals surface area (Å²) in [4.78, 5) is 25.2. The lowest BCUT2D eigenvalue weighted by Crippen LogP contribution is -3.00. The van der Waals surface area contributed by atoms with Crippen LogP contribution in [-0.4, -0.2) is 111 Å². The molecule has 0 aliphatic carbocycles. The van der Waals surface area contributed by atoms with Crippen LogP contribution >= 0.6 is 0 Å². The van der Waals surface area contributed by atoms with Crippen molar-refractivity contribution < 1.29 is 62.7 Å². The van der Waals surface area contributed by atoms with Gasteiger partial charge < -0.3 is 63.8 Å². The smallest absolute Gasteiger partial charge is 0.275 e. The maximum Gasteiger partial charge on any atom is 0.275 e. The Labute approximate surface area is 331 Å². The summed E-state index contributed by atoms with van der Waals surface area (Å²) in [6.07, 6.45) is 29.7. The van der Waals surface area contributed by atoms with Gasteiger partial charge >= 0.3 is 0 Å². The predicted octanol–water partition coefficient (Wildman–Crippen LogP) is 1.51. The van der Waals surface area contributed by atoms with Crippen molar-refractivity contribution in [2.45, 2.75) is 168 Å². The molecule has 4 N–H and O–H groups in total. The minimum atomic E-state index is 0. The van der Waals surface area contributed by atoms with Gasteiger partial charge in [-0.3, -0.25) is 9.59 Å². The normalized spacial score (nSPS) is 13.5. The molecule has 0 rings (SSSR count). The van der Waals surface area contributed by atoms with E-state index in [0.717, 1.165) is 51.9 Å². The van der Waals surface area contributed by atoms with E-state index in [4.69, 9.17) is 0 Å². The van der Waals surface area contributed by atoms with Crippen LogP contribution in [0, 0.1) is 0 Å². The first-order valence-corrected chi connectivity index (χ1v) is 20.7. The number of carbonyl (C=O) groups excluding carboxylic acids is 2. The molecule has 10 heteroatoms. The Balaban J connectivity index is -0.0000110. The van der Waals surface area contributed by atoms with Gasteiger partial charge in [0.15, 0.2) is 13.1 Å². The number of quaternary nitrogens is 2. The first-order chi connectivity index (χ1) is 23.2. The summed E-state index contributed by atoms with van der Waals surface area (Å²) < 4.78 is 1.23.